The first-order chi connectivity index (χ1) is 11.9. The van der Waals surface area contributed by atoms with Crippen molar-refractivity contribution in [1.29, 1.82) is 0 Å². The summed E-state index contributed by atoms with van der Waals surface area (Å²) in [4.78, 5) is 19.4. The molecule has 0 bridgehead atoms. The van der Waals surface area contributed by atoms with Crippen LogP contribution in [0.1, 0.15) is 5.56 Å². The molecule has 1 N–H and O–H groups in total. The van der Waals surface area contributed by atoms with Crippen molar-refractivity contribution in [3.63, 3.8) is 0 Å². The number of hydrogen-bond donors (Lipinski definition) is 1. The summed E-state index contributed by atoms with van der Waals surface area (Å²) < 4.78 is 23.8. The molecule has 25 heavy (non-hydrogen) atoms. The molecule has 1 amide bonds. The molecule has 1 aromatic carbocycles. The molecule has 0 saturated carbocycles. The highest BCUT2D eigenvalue weighted by molar-refractivity contribution is 5.84. The molecule has 1 aromatic rings. The number of benzene rings is 1. The Labute approximate surface area is 148 Å². The first-order valence-corrected chi connectivity index (χ1v) is 7.90. The lowest BCUT2D eigenvalue weighted by molar-refractivity contribution is -0.127. The van der Waals surface area contributed by atoms with Crippen molar-refractivity contribution in [2.75, 3.05) is 55.1 Å². The number of carbonyl (C=O) groups is 1. The van der Waals surface area contributed by atoms with Crippen molar-refractivity contribution in [2.24, 2.45) is 4.99 Å². The van der Waals surface area contributed by atoms with Crippen molar-refractivity contribution >= 4 is 11.9 Å². The molecule has 1 rings (SSSR count). The first kappa shape index (κ1) is 20.7. The zero-order valence-electron chi connectivity index (χ0n) is 15.5. The van der Waals surface area contributed by atoms with Crippen LogP contribution in [0.15, 0.2) is 23.2 Å². The van der Waals surface area contributed by atoms with Crippen molar-refractivity contribution < 1.29 is 18.7 Å². The number of guanidine groups is 1. The summed E-state index contributed by atoms with van der Waals surface area (Å²) in [7, 11) is 8.22. The van der Waals surface area contributed by atoms with Crippen LogP contribution in [0.5, 0.6) is 5.75 Å². The standard InChI is InChI=1S/C17H27FN4O3/c1-21(2)16(23)11-20-17(19-8-9-24-4)22(3)12-13-6-7-15(25-5)14(18)10-13/h6-7,10H,8-9,11-12H2,1-5H3,(H,19,20). The summed E-state index contributed by atoms with van der Waals surface area (Å²) >= 11 is 0. The molecule has 0 heterocycles. The van der Waals surface area contributed by atoms with Crippen LogP contribution < -0.4 is 10.1 Å². The Balaban J connectivity index is 2.83. The Kier molecular flexibility index (Phi) is 8.69. The van der Waals surface area contributed by atoms with Gasteiger partial charge in [0.2, 0.25) is 5.91 Å². The molecule has 0 aromatic heterocycles. The van der Waals surface area contributed by atoms with Gasteiger partial charge >= 0.3 is 0 Å². The highest BCUT2D eigenvalue weighted by atomic mass is 19.1. The van der Waals surface area contributed by atoms with E-state index in [2.05, 4.69) is 10.3 Å². The smallest absolute Gasteiger partial charge is 0.243 e. The fourth-order valence-electron chi connectivity index (χ4n) is 2.02. The van der Waals surface area contributed by atoms with Gasteiger partial charge in [0.15, 0.2) is 17.5 Å². The molecule has 0 spiro atoms. The topological polar surface area (TPSA) is 66.4 Å². The Morgan fingerprint density at radius 3 is 2.56 bits per heavy atom. The normalized spacial score (nSPS) is 11.2. The van der Waals surface area contributed by atoms with E-state index in [0.29, 0.717) is 25.7 Å². The number of likely N-dealkylation sites (N-methyl/N-ethyl adjacent to an activating group) is 1. The third-order valence-corrected chi connectivity index (χ3v) is 3.45. The molecule has 0 radical (unpaired) electrons. The van der Waals surface area contributed by atoms with Crippen molar-refractivity contribution in [3.8, 4) is 5.75 Å². The maximum atomic E-state index is 13.8. The van der Waals surface area contributed by atoms with Gasteiger partial charge in [-0.05, 0) is 17.7 Å². The van der Waals surface area contributed by atoms with E-state index in [9.17, 15) is 9.18 Å². The van der Waals surface area contributed by atoms with Crippen molar-refractivity contribution in [1.82, 2.24) is 15.1 Å². The number of methoxy groups -OCH3 is 2. The zero-order chi connectivity index (χ0) is 18.8. The lowest BCUT2D eigenvalue weighted by Crippen LogP contribution is -2.41. The van der Waals surface area contributed by atoms with Crippen LogP contribution in [0, 0.1) is 5.82 Å². The predicted molar refractivity (Wildman–Crippen MR) is 95.3 cm³/mol. The van der Waals surface area contributed by atoms with Crippen LogP contribution in [0.2, 0.25) is 0 Å². The Hall–Kier alpha value is -2.35. The van der Waals surface area contributed by atoms with Crippen LogP contribution in [0.25, 0.3) is 0 Å². The van der Waals surface area contributed by atoms with E-state index >= 15 is 0 Å². The van der Waals surface area contributed by atoms with E-state index in [1.165, 1.54) is 18.1 Å². The monoisotopic (exact) mass is 354 g/mol. The molecule has 140 valence electrons. The second-order valence-corrected chi connectivity index (χ2v) is 5.67. The van der Waals surface area contributed by atoms with Gasteiger partial charge in [0.05, 0.1) is 13.7 Å². The summed E-state index contributed by atoms with van der Waals surface area (Å²) in [6, 6.07) is 4.80. The molecule has 0 saturated heterocycles. The fourth-order valence-corrected chi connectivity index (χ4v) is 2.02. The minimum atomic E-state index is -0.415. The highest BCUT2D eigenvalue weighted by Gasteiger charge is 2.11. The van der Waals surface area contributed by atoms with Crippen LogP contribution in [0.4, 0.5) is 4.39 Å². The number of nitrogens with zero attached hydrogens (tertiary/aromatic N) is 3. The van der Waals surface area contributed by atoms with E-state index in [4.69, 9.17) is 9.47 Å². The molecular formula is C17H27FN4O3. The quantitative estimate of drug-likeness (QED) is 0.428. The molecule has 7 nitrogen and oxygen atoms in total. The number of amides is 1. The number of nitrogens with one attached hydrogen (secondary N) is 1. The lowest BCUT2D eigenvalue weighted by atomic mass is 10.2. The first-order valence-electron chi connectivity index (χ1n) is 7.90. The maximum Gasteiger partial charge on any atom is 0.243 e. The van der Waals surface area contributed by atoms with Gasteiger partial charge < -0.3 is 24.6 Å². The molecule has 8 heteroatoms. The molecule has 0 fully saturated rings. The molecule has 0 aliphatic carbocycles. The average Bonchev–Trinajstić information content (AvgIpc) is 2.57. The third-order valence-electron chi connectivity index (χ3n) is 3.45. The summed E-state index contributed by atoms with van der Waals surface area (Å²) in [5.41, 5.74) is 0.765. The fraction of sp³-hybridized carbons (Fsp3) is 0.529. The molecule has 0 aliphatic heterocycles. The van der Waals surface area contributed by atoms with Crippen LogP contribution in [-0.2, 0) is 16.1 Å². The average molecular weight is 354 g/mol. The minimum Gasteiger partial charge on any atom is -0.494 e. The Bertz CT molecular complexity index is 593. The van der Waals surface area contributed by atoms with Gasteiger partial charge in [-0.25, -0.2) is 9.38 Å². The van der Waals surface area contributed by atoms with Gasteiger partial charge in [0.1, 0.15) is 6.54 Å². The summed E-state index contributed by atoms with van der Waals surface area (Å²) in [6.07, 6.45) is 0. The highest BCUT2D eigenvalue weighted by Crippen LogP contribution is 2.18. The Morgan fingerprint density at radius 1 is 1.28 bits per heavy atom. The van der Waals surface area contributed by atoms with E-state index in [0.717, 1.165) is 5.56 Å². The van der Waals surface area contributed by atoms with E-state index in [1.807, 2.05) is 11.9 Å². The van der Waals surface area contributed by atoms with E-state index in [-0.39, 0.29) is 18.2 Å². The second kappa shape index (κ2) is 10.5. The summed E-state index contributed by atoms with van der Waals surface area (Å²) in [6.45, 7) is 1.51. The SMILES string of the molecule is COCCNC(=NCC(=O)N(C)C)N(C)Cc1ccc(OC)c(F)c1. The predicted octanol–water partition coefficient (Wildman–Crippen LogP) is 0.946. The van der Waals surface area contributed by atoms with Gasteiger partial charge in [-0.3, -0.25) is 4.79 Å². The number of rotatable bonds is 8. The number of carbonyl (C=O) groups excluding carboxylic acids is 1. The molecular weight excluding hydrogens is 327 g/mol. The van der Waals surface area contributed by atoms with Crippen molar-refractivity contribution in [3.05, 3.63) is 29.6 Å². The minimum absolute atomic E-state index is 0.0314. The lowest BCUT2D eigenvalue weighted by Gasteiger charge is -2.23. The van der Waals surface area contributed by atoms with Crippen LogP contribution >= 0.6 is 0 Å². The number of hydrogen-bond acceptors (Lipinski definition) is 4. The third kappa shape index (κ3) is 6.96. The van der Waals surface area contributed by atoms with Gasteiger partial charge in [-0.1, -0.05) is 6.07 Å². The van der Waals surface area contributed by atoms with Gasteiger partial charge in [-0.2, -0.15) is 0 Å². The number of ether oxygens (including phenoxy) is 2. The van der Waals surface area contributed by atoms with E-state index < -0.39 is 5.82 Å². The van der Waals surface area contributed by atoms with Gasteiger partial charge in [0, 0.05) is 41.3 Å². The van der Waals surface area contributed by atoms with Gasteiger partial charge in [0.25, 0.3) is 0 Å². The number of halogens is 1. The molecule has 0 aliphatic rings. The van der Waals surface area contributed by atoms with E-state index in [1.54, 1.807) is 33.3 Å². The van der Waals surface area contributed by atoms with Crippen LogP contribution in [0.3, 0.4) is 0 Å². The number of aliphatic imine (C=N–C) groups is 1. The van der Waals surface area contributed by atoms with Gasteiger partial charge in [-0.15, -0.1) is 0 Å². The maximum absolute atomic E-state index is 13.8. The molecule has 0 atom stereocenters. The Morgan fingerprint density at radius 2 is 2.00 bits per heavy atom. The molecule has 0 unspecified atom stereocenters. The summed E-state index contributed by atoms with van der Waals surface area (Å²) in [5.74, 6) is 0.232. The second-order valence-electron chi connectivity index (χ2n) is 5.67. The summed E-state index contributed by atoms with van der Waals surface area (Å²) in [5, 5.41) is 3.13. The van der Waals surface area contributed by atoms with Crippen LogP contribution in [-0.4, -0.2) is 76.7 Å². The zero-order valence-corrected chi connectivity index (χ0v) is 15.5. The van der Waals surface area contributed by atoms with Crippen molar-refractivity contribution in [2.45, 2.75) is 6.54 Å². The largest absolute Gasteiger partial charge is 0.494 e.